The van der Waals surface area contributed by atoms with Crippen molar-refractivity contribution >= 4 is 27.8 Å². The molecule has 5 aromatic rings. The van der Waals surface area contributed by atoms with Crippen molar-refractivity contribution in [1.82, 2.24) is 10.3 Å². The Morgan fingerprint density at radius 1 is 0.943 bits per heavy atom. The molecule has 1 amide bonds. The average Bonchev–Trinajstić information content (AvgIpc) is 3.30. The minimum Gasteiger partial charge on any atom is -0.496 e. The van der Waals surface area contributed by atoms with Gasteiger partial charge in [0.05, 0.1) is 7.11 Å². The van der Waals surface area contributed by atoms with E-state index in [9.17, 15) is 9.59 Å². The fraction of sp³-hybridized carbons (Fsp3) is 0.172. The molecule has 0 aliphatic carbocycles. The van der Waals surface area contributed by atoms with Crippen LogP contribution in [0.2, 0.25) is 0 Å². The van der Waals surface area contributed by atoms with Gasteiger partial charge >= 0.3 is 5.63 Å². The molecule has 0 fully saturated rings. The van der Waals surface area contributed by atoms with E-state index in [1.807, 2.05) is 60.8 Å². The predicted octanol–water partition coefficient (Wildman–Crippen LogP) is 5.24. The minimum absolute atomic E-state index is 0.0186. The van der Waals surface area contributed by atoms with E-state index < -0.39 is 5.63 Å². The number of aryl methyl sites for hydroxylation is 1. The fourth-order valence-electron chi connectivity index (χ4n) is 4.49. The van der Waals surface area contributed by atoms with Crippen LogP contribution in [-0.4, -0.2) is 24.5 Å². The Labute approximate surface area is 202 Å². The van der Waals surface area contributed by atoms with Gasteiger partial charge in [-0.3, -0.25) is 4.79 Å². The number of aromatic amines is 1. The molecule has 0 bridgehead atoms. The summed E-state index contributed by atoms with van der Waals surface area (Å²) in [6.07, 6.45) is 3.59. The van der Waals surface area contributed by atoms with Crippen molar-refractivity contribution in [2.75, 3.05) is 13.7 Å². The van der Waals surface area contributed by atoms with Crippen LogP contribution >= 0.6 is 0 Å². The summed E-state index contributed by atoms with van der Waals surface area (Å²) in [5, 5.41) is 5.02. The van der Waals surface area contributed by atoms with Gasteiger partial charge in [-0.15, -0.1) is 0 Å². The first kappa shape index (κ1) is 22.5. The van der Waals surface area contributed by atoms with E-state index in [0.717, 1.165) is 34.0 Å². The van der Waals surface area contributed by atoms with E-state index in [1.165, 1.54) is 17.0 Å². The zero-order chi connectivity index (χ0) is 24.2. The fourth-order valence-corrected chi connectivity index (χ4v) is 4.49. The molecule has 2 aromatic heterocycles. The number of H-pyrrole nitrogens is 1. The van der Waals surface area contributed by atoms with Crippen molar-refractivity contribution in [1.29, 1.82) is 0 Å². The number of carbonyl (C=O) groups excluding carboxylic acids is 1. The number of carbonyl (C=O) groups is 1. The predicted molar refractivity (Wildman–Crippen MR) is 138 cm³/mol. The van der Waals surface area contributed by atoms with Gasteiger partial charge in [0.25, 0.3) is 0 Å². The molecule has 0 saturated carbocycles. The maximum Gasteiger partial charge on any atom is 0.336 e. The van der Waals surface area contributed by atoms with Gasteiger partial charge in [-0.05, 0) is 47.2 Å². The standard InChI is InChI=1S/C29H26N2O4/c1-34-26-17-27-24(23(16-29(33)35-27)19-7-3-2-4-8-19)15-20(26)11-12-28(32)30-14-13-21-18-31-25-10-6-5-9-22(21)25/h2-10,15-18,31H,11-14H2,1H3,(H,30,32). The molecular weight excluding hydrogens is 440 g/mol. The topological polar surface area (TPSA) is 84.3 Å². The Balaban J connectivity index is 1.30. The second kappa shape index (κ2) is 9.89. The van der Waals surface area contributed by atoms with Gasteiger partial charge < -0.3 is 19.5 Å². The molecule has 35 heavy (non-hydrogen) atoms. The summed E-state index contributed by atoms with van der Waals surface area (Å²) in [6, 6.07) is 23.1. The molecule has 5 rings (SSSR count). The van der Waals surface area contributed by atoms with Crippen LogP contribution in [0.1, 0.15) is 17.5 Å². The van der Waals surface area contributed by atoms with Crippen molar-refractivity contribution in [2.45, 2.75) is 19.3 Å². The van der Waals surface area contributed by atoms with Crippen LogP contribution in [0.5, 0.6) is 5.75 Å². The molecule has 2 heterocycles. The summed E-state index contributed by atoms with van der Waals surface area (Å²) >= 11 is 0. The number of hydrogen-bond donors (Lipinski definition) is 2. The number of hydrogen-bond acceptors (Lipinski definition) is 4. The summed E-state index contributed by atoms with van der Waals surface area (Å²) in [5.41, 5.74) is 4.94. The largest absolute Gasteiger partial charge is 0.496 e. The molecule has 3 aromatic carbocycles. The third-order valence-corrected chi connectivity index (χ3v) is 6.24. The van der Waals surface area contributed by atoms with Crippen molar-refractivity contribution < 1.29 is 13.9 Å². The number of para-hydroxylation sites is 1. The number of ether oxygens (including phenoxy) is 1. The van der Waals surface area contributed by atoms with Crippen molar-refractivity contribution in [2.24, 2.45) is 0 Å². The van der Waals surface area contributed by atoms with Gasteiger partial charge in [-0.25, -0.2) is 4.79 Å². The Hall–Kier alpha value is -4.32. The lowest BCUT2D eigenvalue weighted by Crippen LogP contribution is -2.25. The van der Waals surface area contributed by atoms with E-state index in [2.05, 4.69) is 16.4 Å². The number of nitrogens with one attached hydrogen (secondary N) is 2. The van der Waals surface area contributed by atoms with Gasteiger partial charge in [0, 0.05) is 47.6 Å². The van der Waals surface area contributed by atoms with Gasteiger partial charge in [0.1, 0.15) is 11.3 Å². The monoisotopic (exact) mass is 466 g/mol. The number of rotatable bonds is 8. The van der Waals surface area contributed by atoms with E-state index in [-0.39, 0.29) is 5.91 Å². The highest BCUT2D eigenvalue weighted by atomic mass is 16.5. The van der Waals surface area contributed by atoms with Gasteiger partial charge in [-0.2, -0.15) is 0 Å². The van der Waals surface area contributed by atoms with Crippen LogP contribution in [0.4, 0.5) is 0 Å². The number of aromatic nitrogens is 1. The lowest BCUT2D eigenvalue weighted by atomic mass is 9.98. The van der Waals surface area contributed by atoms with Crippen LogP contribution in [0.25, 0.3) is 33.0 Å². The van der Waals surface area contributed by atoms with Crippen LogP contribution in [-0.2, 0) is 17.6 Å². The number of benzene rings is 3. The zero-order valence-corrected chi connectivity index (χ0v) is 19.5. The summed E-state index contributed by atoms with van der Waals surface area (Å²) in [5.74, 6) is 0.576. The molecule has 2 N–H and O–H groups in total. The quantitative estimate of drug-likeness (QED) is 0.306. The highest BCUT2D eigenvalue weighted by Gasteiger charge is 2.14. The Morgan fingerprint density at radius 3 is 2.57 bits per heavy atom. The molecule has 0 spiro atoms. The first-order valence-corrected chi connectivity index (χ1v) is 11.6. The number of fused-ring (bicyclic) bond motifs is 2. The summed E-state index contributed by atoms with van der Waals surface area (Å²) in [7, 11) is 1.57. The zero-order valence-electron chi connectivity index (χ0n) is 19.5. The van der Waals surface area contributed by atoms with Gasteiger partial charge in [-0.1, -0.05) is 48.5 Å². The molecule has 6 nitrogen and oxygen atoms in total. The van der Waals surface area contributed by atoms with Crippen molar-refractivity contribution in [3.05, 3.63) is 101 Å². The van der Waals surface area contributed by atoms with Crippen LogP contribution < -0.4 is 15.7 Å². The summed E-state index contributed by atoms with van der Waals surface area (Å²) < 4.78 is 11.0. The third-order valence-electron chi connectivity index (χ3n) is 6.24. The van der Waals surface area contributed by atoms with Gasteiger partial charge in [0.15, 0.2) is 0 Å². The summed E-state index contributed by atoms with van der Waals surface area (Å²) in [4.78, 5) is 28.0. The molecule has 0 aliphatic heterocycles. The molecular formula is C29H26N2O4. The molecule has 176 valence electrons. The van der Waals surface area contributed by atoms with Crippen LogP contribution in [0.15, 0.2) is 88.2 Å². The summed E-state index contributed by atoms with van der Waals surface area (Å²) in [6.45, 7) is 0.568. The smallest absolute Gasteiger partial charge is 0.336 e. The van der Waals surface area contributed by atoms with E-state index in [4.69, 9.17) is 9.15 Å². The maximum absolute atomic E-state index is 12.6. The normalized spacial score (nSPS) is 11.1. The Kier molecular flexibility index (Phi) is 6.35. The Bertz CT molecular complexity index is 1550. The first-order chi connectivity index (χ1) is 17.1. The molecule has 0 unspecified atom stereocenters. The van der Waals surface area contributed by atoms with E-state index >= 15 is 0 Å². The highest BCUT2D eigenvalue weighted by Crippen LogP contribution is 2.32. The van der Waals surface area contributed by atoms with Crippen molar-refractivity contribution in [3.8, 4) is 16.9 Å². The molecule has 6 heteroatoms. The number of amides is 1. The van der Waals surface area contributed by atoms with Crippen molar-refractivity contribution in [3.63, 3.8) is 0 Å². The van der Waals surface area contributed by atoms with E-state index in [1.54, 1.807) is 13.2 Å². The van der Waals surface area contributed by atoms with E-state index in [0.29, 0.717) is 30.7 Å². The molecule has 0 aliphatic rings. The van der Waals surface area contributed by atoms with Crippen LogP contribution in [0.3, 0.4) is 0 Å². The second-order valence-electron chi connectivity index (χ2n) is 8.46. The third kappa shape index (κ3) is 4.82. The number of methoxy groups -OCH3 is 1. The lowest BCUT2D eigenvalue weighted by molar-refractivity contribution is -0.121. The molecule has 0 radical (unpaired) electrons. The highest BCUT2D eigenvalue weighted by molar-refractivity contribution is 5.94. The average molecular weight is 467 g/mol. The minimum atomic E-state index is -0.416. The maximum atomic E-state index is 12.6. The Morgan fingerprint density at radius 2 is 1.74 bits per heavy atom. The lowest BCUT2D eigenvalue weighted by Gasteiger charge is -2.12. The van der Waals surface area contributed by atoms with Crippen LogP contribution in [0, 0.1) is 0 Å². The molecule has 0 atom stereocenters. The second-order valence-corrected chi connectivity index (χ2v) is 8.46. The van der Waals surface area contributed by atoms with Gasteiger partial charge in [0.2, 0.25) is 5.91 Å². The first-order valence-electron chi connectivity index (χ1n) is 11.6. The SMILES string of the molecule is COc1cc2oc(=O)cc(-c3ccccc3)c2cc1CCC(=O)NCCc1c[nH]c2ccccc12. The molecule has 0 saturated heterocycles.